The smallest absolute Gasteiger partial charge is 0.415 e. The summed E-state index contributed by atoms with van der Waals surface area (Å²) in [6.07, 6.45) is 1.10. The molecule has 2 N–H and O–H groups in total. The van der Waals surface area contributed by atoms with Gasteiger partial charge in [-0.3, -0.25) is 4.90 Å². The molecule has 0 spiro atoms. The molecule has 1 aromatic rings. The van der Waals surface area contributed by atoms with Gasteiger partial charge in [-0.1, -0.05) is 0 Å². The molecule has 1 amide bonds. The summed E-state index contributed by atoms with van der Waals surface area (Å²) >= 11 is 0. The number of carbonyl (C=O) groups excluding carboxylic acids is 1. The third-order valence-electron chi connectivity index (χ3n) is 1.88. The topological polar surface area (TPSA) is 81.3 Å². The highest BCUT2D eigenvalue weighted by Crippen LogP contribution is 2.14. The number of hydrogen-bond donors (Lipinski definition) is 1. The lowest BCUT2D eigenvalue weighted by Crippen LogP contribution is -2.34. The van der Waals surface area contributed by atoms with Gasteiger partial charge in [-0.2, -0.15) is 0 Å². The molecule has 0 saturated carbocycles. The molecule has 1 heterocycles. The Bertz CT molecular complexity index is 401. The normalized spacial score (nSPS) is 11.1. The fraction of sp³-hybridized carbons (Fsp3) is 0.545. The van der Waals surface area contributed by atoms with Crippen LogP contribution >= 0.6 is 0 Å². The summed E-state index contributed by atoms with van der Waals surface area (Å²) in [6, 6.07) is 1.63. The SMILES string of the molecule is CN(C(=O)OC(C)(C)C)c1ccnc(CN)n1. The van der Waals surface area contributed by atoms with Crippen LogP contribution in [0.5, 0.6) is 0 Å². The molecule has 1 rings (SSSR count). The van der Waals surface area contributed by atoms with Crippen molar-refractivity contribution in [2.45, 2.75) is 32.9 Å². The van der Waals surface area contributed by atoms with E-state index in [2.05, 4.69) is 9.97 Å². The van der Waals surface area contributed by atoms with E-state index in [0.717, 1.165) is 0 Å². The predicted octanol–water partition coefficient (Wildman–Crippen LogP) is 1.31. The van der Waals surface area contributed by atoms with Crippen LogP contribution in [0.4, 0.5) is 10.6 Å². The van der Waals surface area contributed by atoms with Gasteiger partial charge in [0.2, 0.25) is 0 Å². The molecule has 0 aliphatic heterocycles. The van der Waals surface area contributed by atoms with Crippen molar-refractivity contribution >= 4 is 11.9 Å². The monoisotopic (exact) mass is 238 g/mol. The van der Waals surface area contributed by atoms with Gasteiger partial charge in [0, 0.05) is 13.2 Å². The largest absolute Gasteiger partial charge is 0.443 e. The molecule has 94 valence electrons. The molecular weight excluding hydrogens is 220 g/mol. The number of nitrogens with zero attached hydrogens (tertiary/aromatic N) is 3. The Morgan fingerprint density at radius 1 is 1.53 bits per heavy atom. The van der Waals surface area contributed by atoms with Crippen molar-refractivity contribution in [3.05, 3.63) is 18.1 Å². The van der Waals surface area contributed by atoms with E-state index in [1.165, 1.54) is 4.90 Å². The fourth-order valence-corrected chi connectivity index (χ4v) is 1.10. The maximum atomic E-state index is 11.8. The Balaban J connectivity index is 2.81. The first-order valence-corrected chi connectivity index (χ1v) is 5.32. The molecule has 0 saturated heterocycles. The molecule has 0 radical (unpaired) electrons. The summed E-state index contributed by atoms with van der Waals surface area (Å²) in [6.45, 7) is 5.66. The summed E-state index contributed by atoms with van der Waals surface area (Å²) in [5.74, 6) is 0.951. The minimum absolute atomic E-state index is 0.232. The van der Waals surface area contributed by atoms with Crippen molar-refractivity contribution in [3.8, 4) is 0 Å². The first-order chi connectivity index (χ1) is 7.83. The van der Waals surface area contributed by atoms with Gasteiger partial charge in [0.25, 0.3) is 0 Å². The van der Waals surface area contributed by atoms with E-state index < -0.39 is 11.7 Å². The molecule has 0 aromatic carbocycles. The first-order valence-electron chi connectivity index (χ1n) is 5.32. The van der Waals surface area contributed by atoms with Crippen LogP contribution < -0.4 is 10.6 Å². The lowest BCUT2D eigenvalue weighted by Gasteiger charge is -2.24. The molecule has 0 bridgehead atoms. The van der Waals surface area contributed by atoms with Gasteiger partial charge in [-0.05, 0) is 26.8 Å². The average molecular weight is 238 g/mol. The Morgan fingerprint density at radius 3 is 2.71 bits per heavy atom. The zero-order chi connectivity index (χ0) is 13.1. The number of carbonyl (C=O) groups is 1. The third kappa shape index (κ3) is 3.99. The van der Waals surface area contributed by atoms with Crippen LogP contribution in [0.1, 0.15) is 26.6 Å². The molecule has 17 heavy (non-hydrogen) atoms. The molecule has 1 aromatic heterocycles. The van der Waals surface area contributed by atoms with Crippen LogP contribution in [-0.2, 0) is 11.3 Å². The highest BCUT2D eigenvalue weighted by atomic mass is 16.6. The Morgan fingerprint density at radius 2 is 2.18 bits per heavy atom. The maximum absolute atomic E-state index is 11.8. The number of rotatable bonds is 2. The Hall–Kier alpha value is -1.69. The third-order valence-corrected chi connectivity index (χ3v) is 1.88. The summed E-state index contributed by atoms with van der Waals surface area (Å²) in [5.41, 5.74) is 4.90. The molecular formula is C11H18N4O2. The standard InChI is InChI=1S/C11H18N4O2/c1-11(2,3)17-10(16)15(4)9-5-6-13-8(7-12)14-9/h5-6H,7,12H2,1-4H3. The van der Waals surface area contributed by atoms with Crippen LogP contribution in [0.3, 0.4) is 0 Å². The number of nitrogens with two attached hydrogens (primary N) is 1. The summed E-state index contributed by atoms with van der Waals surface area (Å²) in [4.78, 5) is 21.2. The van der Waals surface area contributed by atoms with Crippen LogP contribution in [0, 0.1) is 0 Å². The molecule has 0 atom stereocenters. The van der Waals surface area contributed by atoms with Gasteiger partial charge in [-0.15, -0.1) is 0 Å². The minimum Gasteiger partial charge on any atom is -0.443 e. The molecule has 0 aliphatic carbocycles. The summed E-state index contributed by atoms with van der Waals surface area (Å²) < 4.78 is 5.22. The second-order valence-electron chi connectivity index (χ2n) is 4.57. The van der Waals surface area contributed by atoms with Gasteiger partial charge in [-0.25, -0.2) is 14.8 Å². The van der Waals surface area contributed by atoms with E-state index in [4.69, 9.17) is 10.5 Å². The van der Waals surface area contributed by atoms with E-state index in [9.17, 15) is 4.79 Å². The molecule has 0 aliphatic rings. The minimum atomic E-state index is -0.533. The Kier molecular flexibility index (Phi) is 4.01. The van der Waals surface area contributed by atoms with Crippen molar-refractivity contribution in [1.29, 1.82) is 0 Å². The zero-order valence-corrected chi connectivity index (χ0v) is 10.6. The zero-order valence-electron chi connectivity index (χ0n) is 10.6. The van der Waals surface area contributed by atoms with Crippen molar-refractivity contribution in [3.63, 3.8) is 0 Å². The van der Waals surface area contributed by atoms with E-state index >= 15 is 0 Å². The van der Waals surface area contributed by atoms with Crippen LogP contribution in [-0.4, -0.2) is 28.7 Å². The van der Waals surface area contributed by atoms with Crippen LogP contribution in [0.2, 0.25) is 0 Å². The molecule has 6 heteroatoms. The average Bonchev–Trinajstić information content (AvgIpc) is 2.26. The van der Waals surface area contributed by atoms with E-state index in [1.54, 1.807) is 19.3 Å². The number of aromatic nitrogens is 2. The van der Waals surface area contributed by atoms with E-state index in [0.29, 0.717) is 11.6 Å². The number of hydrogen-bond acceptors (Lipinski definition) is 5. The fourth-order valence-electron chi connectivity index (χ4n) is 1.10. The van der Waals surface area contributed by atoms with E-state index in [-0.39, 0.29) is 6.54 Å². The van der Waals surface area contributed by atoms with Gasteiger partial charge in [0.05, 0.1) is 6.54 Å². The lowest BCUT2D eigenvalue weighted by atomic mass is 10.2. The van der Waals surface area contributed by atoms with Crippen molar-refractivity contribution in [1.82, 2.24) is 9.97 Å². The maximum Gasteiger partial charge on any atom is 0.415 e. The molecule has 0 fully saturated rings. The van der Waals surface area contributed by atoms with Crippen LogP contribution in [0.25, 0.3) is 0 Å². The van der Waals surface area contributed by atoms with Crippen molar-refractivity contribution in [2.75, 3.05) is 11.9 Å². The number of anilines is 1. The van der Waals surface area contributed by atoms with Gasteiger partial charge in [0.15, 0.2) is 0 Å². The summed E-state index contributed by atoms with van der Waals surface area (Å²) in [5, 5.41) is 0. The second-order valence-corrected chi connectivity index (χ2v) is 4.57. The van der Waals surface area contributed by atoms with Crippen molar-refractivity contribution < 1.29 is 9.53 Å². The Labute approximate surface area is 101 Å². The van der Waals surface area contributed by atoms with Gasteiger partial charge >= 0.3 is 6.09 Å². The molecule has 6 nitrogen and oxygen atoms in total. The number of ether oxygens (including phenoxy) is 1. The van der Waals surface area contributed by atoms with Crippen molar-refractivity contribution in [2.24, 2.45) is 5.73 Å². The quantitative estimate of drug-likeness (QED) is 0.840. The van der Waals surface area contributed by atoms with Gasteiger partial charge < -0.3 is 10.5 Å². The number of amides is 1. The van der Waals surface area contributed by atoms with Crippen LogP contribution in [0.15, 0.2) is 12.3 Å². The second kappa shape index (κ2) is 5.09. The highest BCUT2D eigenvalue weighted by molar-refractivity contribution is 5.85. The molecule has 0 unspecified atom stereocenters. The van der Waals surface area contributed by atoms with Gasteiger partial charge in [0.1, 0.15) is 17.2 Å². The lowest BCUT2D eigenvalue weighted by molar-refractivity contribution is 0.0588. The summed E-state index contributed by atoms with van der Waals surface area (Å²) in [7, 11) is 1.59. The first kappa shape index (κ1) is 13.4. The highest BCUT2D eigenvalue weighted by Gasteiger charge is 2.21. The predicted molar refractivity (Wildman–Crippen MR) is 64.6 cm³/mol. The van der Waals surface area contributed by atoms with E-state index in [1.807, 2.05) is 20.8 Å².